The van der Waals surface area contributed by atoms with Gasteiger partial charge in [0.15, 0.2) is 0 Å². The van der Waals surface area contributed by atoms with Gasteiger partial charge in [-0.05, 0) is 66.4 Å². The molecule has 6 nitrogen and oxygen atoms in total. The lowest BCUT2D eigenvalue weighted by Crippen LogP contribution is -2.09. The van der Waals surface area contributed by atoms with Gasteiger partial charge in [-0.1, -0.05) is 12.1 Å². The zero-order valence-electron chi connectivity index (χ0n) is 17.3. The van der Waals surface area contributed by atoms with Crippen molar-refractivity contribution in [2.75, 3.05) is 5.32 Å². The maximum Gasteiger partial charge on any atom is 0.416 e. The first-order chi connectivity index (χ1) is 15.7. The summed E-state index contributed by atoms with van der Waals surface area (Å²) in [6.45, 7) is 1.89. The highest BCUT2D eigenvalue weighted by molar-refractivity contribution is 5.96. The van der Waals surface area contributed by atoms with Crippen LogP contribution in [0.25, 0.3) is 10.8 Å². The lowest BCUT2D eigenvalue weighted by Gasteiger charge is -2.18. The van der Waals surface area contributed by atoms with Gasteiger partial charge in [0, 0.05) is 18.4 Å². The highest BCUT2D eigenvalue weighted by atomic mass is 19.4. The van der Waals surface area contributed by atoms with Gasteiger partial charge in [0.1, 0.15) is 11.6 Å². The number of carbonyl (C=O) groups is 1. The van der Waals surface area contributed by atoms with Gasteiger partial charge >= 0.3 is 12.1 Å². The van der Waals surface area contributed by atoms with Gasteiger partial charge in [-0.3, -0.25) is 0 Å². The molecule has 2 aromatic carbocycles. The number of hydrogen-bond donors (Lipinski definition) is 2. The number of hydrogen-bond acceptors (Lipinski definition) is 5. The molecule has 4 aromatic rings. The molecule has 33 heavy (non-hydrogen) atoms. The van der Waals surface area contributed by atoms with Gasteiger partial charge in [-0.25, -0.2) is 14.8 Å². The number of fused-ring (bicyclic) bond motifs is 1. The van der Waals surface area contributed by atoms with Gasteiger partial charge in [-0.15, -0.1) is 0 Å². The van der Waals surface area contributed by atoms with Crippen molar-refractivity contribution in [3.8, 4) is 11.6 Å². The molecule has 9 heteroatoms. The highest BCUT2D eigenvalue weighted by Crippen LogP contribution is 2.35. The number of nitrogens with one attached hydrogen (secondary N) is 1. The quantitative estimate of drug-likeness (QED) is 0.356. The third-order valence-corrected chi connectivity index (χ3v) is 5.05. The lowest BCUT2D eigenvalue weighted by molar-refractivity contribution is -0.137. The smallest absolute Gasteiger partial charge is 0.416 e. The number of nitrogens with zero attached hydrogens (tertiary/aromatic N) is 2. The highest BCUT2D eigenvalue weighted by Gasteiger charge is 2.30. The minimum Gasteiger partial charge on any atom is -0.478 e. The van der Waals surface area contributed by atoms with Gasteiger partial charge in [0.25, 0.3) is 0 Å². The van der Waals surface area contributed by atoms with E-state index in [0.717, 1.165) is 23.1 Å². The second-order valence-electron chi connectivity index (χ2n) is 7.29. The zero-order valence-corrected chi connectivity index (χ0v) is 17.3. The van der Waals surface area contributed by atoms with Crippen LogP contribution in [0, 0.1) is 0 Å². The fourth-order valence-corrected chi connectivity index (χ4v) is 3.30. The van der Waals surface area contributed by atoms with E-state index in [1.54, 1.807) is 36.7 Å². The third kappa shape index (κ3) is 4.87. The summed E-state index contributed by atoms with van der Waals surface area (Å²) in [5.41, 5.74) is 0.256. The van der Waals surface area contributed by atoms with Crippen LogP contribution in [-0.4, -0.2) is 21.0 Å². The van der Waals surface area contributed by atoms with Crippen molar-refractivity contribution in [2.24, 2.45) is 0 Å². The second-order valence-corrected chi connectivity index (χ2v) is 7.29. The van der Waals surface area contributed by atoms with Crippen molar-refractivity contribution in [1.82, 2.24) is 9.97 Å². The van der Waals surface area contributed by atoms with Gasteiger partial charge < -0.3 is 15.2 Å². The summed E-state index contributed by atoms with van der Waals surface area (Å²) in [5, 5.41) is 13.7. The molecule has 0 bridgehead atoms. The molecule has 2 aromatic heterocycles. The van der Waals surface area contributed by atoms with Crippen LogP contribution in [0.3, 0.4) is 0 Å². The van der Waals surface area contributed by atoms with Gasteiger partial charge in [0.05, 0.1) is 16.5 Å². The summed E-state index contributed by atoms with van der Waals surface area (Å²) in [7, 11) is 0. The Hall–Kier alpha value is -4.14. The molecule has 2 N–H and O–H groups in total. The fraction of sp³-hybridized carbons (Fsp3) is 0.125. The van der Waals surface area contributed by atoms with Gasteiger partial charge in [-0.2, -0.15) is 13.2 Å². The van der Waals surface area contributed by atoms with Crippen molar-refractivity contribution < 1.29 is 27.8 Å². The Labute approximate surface area is 186 Å². The van der Waals surface area contributed by atoms with Crippen molar-refractivity contribution in [1.29, 1.82) is 0 Å². The first-order valence-corrected chi connectivity index (χ1v) is 9.91. The van der Waals surface area contributed by atoms with E-state index in [0.29, 0.717) is 11.2 Å². The summed E-state index contributed by atoms with van der Waals surface area (Å²) in [6, 6.07) is 14.1. The van der Waals surface area contributed by atoms with E-state index in [2.05, 4.69) is 15.3 Å². The standard InChI is InChI=1S/C24H18F3N3O3/c1-14(15-2-4-17(5-3-15)23(31)32)30-21-20-16(10-12-28-21)11-13-29-22(20)33-19-8-6-18(7-9-19)24(25,26)27/h2-14H,1H3,(H,28,30)(H,31,32)/t14-/m0/s1. The summed E-state index contributed by atoms with van der Waals surface area (Å²) >= 11 is 0. The van der Waals surface area contributed by atoms with E-state index >= 15 is 0 Å². The largest absolute Gasteiger partial charge is 0.478 e. The van der Waals surface area contributed by atoms with Crippen LogP contribution in [0.4, 0.5) is 19.0 Å². The molecule has 0 saturated carbocycles. The van der Waals surface area contributed by atoms with E-state index < -0.39 is 17.7 Å². The molecule has 0 aliphatic rings. The number of anilines is 1. The van der Waals surface area contributed by atoms with Crippen molar-refractivity contribution in [3.05, 3.63) is 89.7 Å². The van der Waals surface area contributed by atoms with E-state index in [9.17, 15) is 18.0 Å². The minimum atomic E-state index is -4.43. The van der Waals surface area contributed by atoms with Crippen LogP contribution >= 0.6 is 0 Å². The Morgan fingerprint density at radius 1 is 0.970 bits per heavy atom. The third-order valence-electron chi connectivity index (χ3n) is 5.05. The van der Waals surface area contributed by atoms with Crippen molar-refractivity contribution in [3.63, 3.8) is 0 Å². The van der Waals surface area contributed by atoms with E-state index in [-0.39, 0.29) is 23.2 Å². The van der Waals surface area contributed by atoms with Crippen LogP contribution in [0.1, 0.15) is 34.5 Å². The molecule has 0 saturated heterocycles. The Bertz CT molecular complexity index is 1290. The van der Waals surface area contributed by atoms with E-state index in [1.165, 1.54) is 24.3 Å². The van der Waals surface area contributed by atoms with Crippen molar-refractivity contribution in [2.45, 2.75) is 19.1 Å². The summed E-state index contributed by atoms with van der Waals surface area (Å²) in [4.78, 5) is 19.7. The second kappa shape index (κ2) is 8.78. The Balaban J connectivity index is 1.64. The number of halogens is 3. The van der Waals surface area contributed by atoms with Crippen LogP contribution in [0.5, 0.6) is 11.6 Å². The van der Waals surface area contributed by atoms with Crippen LogP contribution < -0.4 is 10.1 Å². The van der Waals surface area contributed by atoms with Crippen LogP contribution in [-0.2, 0) is 6.18 Å². The molecule has 168 valence electrons. The molecule has 4 rings (SSSR count). The minimum absolute atomic E-state index is 0.186. The number of ether oxygens (including phenoxy) is 1. The lowest BCUT2D eigenvalue weighted by atomic mass is 10.1. The molecular weight excluding hydrogens is 435 g/mol. The van der Waals surface area contributed by atoms with Crippen LogP contribution in [0.15, 0.2) is 73.1 Å². The van der Waals surface area contributed by atoms with Crippen molar-refractivity contribution >= 4 is 22.6 Å². The SMILES string of the molecule is C[C@H](Nc1nccc2ccnc(Oc3ccc(C(F)(F)F)cc3)c12)c1ccc(C(=O)O)cc1. The summed E-state index contributed by atoms with van der Waals surface area (Å²) in [6.07, 6.45) is -1.28. The average molecular weight is 453 g/mol. The Morgan fingerprint density at radius 2 is 1.61 bits per heavy atom. The number of pyridine rings is 2. The summed E-state index contributed by atoms with van der Waals surface area (Å²) < 4.78 is 44.3. The van der Waals surface area contributed by atoms with Crippen LogP contribution in [0.2, 0.25) is 0 Å². The molecule has 0 aliphatic carbocycles. The number of aromatic carboxylic acids is 1. The molecule has 0 amide bonds. The molecule has 2 heterocycles. The maximum atomic E-state index is 12.8. The predicted octanol–water partition coefficient (Wildman–Crippen LogP) is 6.31. The average Bonchev–Trinajstić information content (AvgIpc) is 2.79. The molecule has 1 atom stereocenters. The molecule has 0 unspecified atom stereocenters. The Morgan fingerprint density at radius 3 is 2.21 bits per heavy atom. The molecule has 0 fully saturated rings. The first-order valence-electron chi connectivity index (χ1n) is 9.91. The topological polar surface area (TPSA) is 84.3 Å². The number of benzene rings is 2. The van der Waals surface area contributed by atoms with Gasteiger partial charge in [0.2, 0.25) is 5.88 Å². The zero-order chi connectivity index (χ0) is 23.6. The maximum absolute atomic E-state index is 12.8. The molecule has 0 radical (unpaired) electrons. The number of aromatic nitrogens is 2. The molecular formula is C24H18F3N3O3. The summed E-state index contributed by atoms with van der Waals surface area (Å²) in [5.74, 6) is -0.141. The monoisotopic (exact) mass is 453 g/mol. The fourth-order valence-electron chi connectivity index (χ4n) is 3.30. The number of alkyl halides is 3. The number of carboxylic acids is 1. The number of carboxylic acid groups (broad SMARTS) is 1. The normalized spacial score (nSPS) is 12.4. The Kier molecular flexibility index (Phi) is 5.87. The van der Waals surface area contributed by atoms with E-state index in [4.69, 9.17) is 9.84 Å². The molecule has 0 spiro atoms. The first kappa shape index (κ1) is 22.1. The predicted molar refractivity (Wildman–Crippen MR) is 116 cm³/mol. The molecule has 0 aliphatic heterocycles. The van der Waals surface area contributed by atoms with E-state index in [1.807, 2.05) is 6.92 Å². The number of rotatable bonds is 6.